The van der Waals surface area contributed by atoms with Crippen molar-refractivity contribution < 1.29 is 9.72 Å². The number of rotatable bonds is 2. The molecular weight excluding hydrogens is 308 g/mol. The molecule has 1 heterocycles. The van der Waals surface area contributed by atoms with Gasteiger partial charge in [0.1, 0.15) is 0 Å². The number of benzene rings is 1. The molecule has 1 aromatic carbocycles. The second-order valence-corrected chi connectivity index (χ2v) is 7.58. The minimum absolute atomic E-state index is 0.0431. The van der Waals surface area contributed by atoms with E-state index in [9.17, 15) is 14.9 Å². The molecule has 7 heteroatoms. The van der Waals surface area contributed by atoms with Gasteiger partial charge in [-0.05, 0) is 24.3 Å². The Morgan fingerprint density at radius 2 is 1.83 bits per heavy atom. The van der Waals surface area contributed by atoms with Crippen LogP contribution in [-0.4, -0.2) is 20.8 Å². The van der Waals surface area contributed by atoms with E-state index in [-0.39, 0.29) is 11.1 Å². The SMILES string of the molecule is CC12CCC(C(N)=O)(c3nc4cc([N+](=O)[O-])ccc4nc31)C2(C)C. The van der Waals surface area contributed by atoms with Crippen LogP contribution in [0.2, 0.25) is 0 Å². The largest absolute Gasteiger partial charge is 0.369 e. The van der Waals surface area contributed by atoms with Crippen LogP contribution in [0.15, 0.2) is 18.2 Å². The van der Waals surface area contributed by atoms with E-state index in [1.54, 1.807) is 6.07 Å². The molecule has 2 aromatic rings. The number of primary amides is 1. The summed E-state index contributed by atoms with van der Waals surface area (Å²) >= 11 is 0. The Bertz CT molecular complexity index is 939. The van der Waals surface area contributed by atoms with Crippen LogP contribution >= 0.6 is 0 Å². The molecule has 0 radical (unpaired) electrons. The first-order valence-electron chi connectivity index (χ1n) is 7.92. The Morgan fingerprint density at radius 3 is 2.46 bits per heavy atom. The quantitative estimate of drug-likeness (QED) is 0.672. The maximum Gasteiger partial charge on any atom is 0.271 e. The Kier molecular flexibility index (Phi) is 2.55. The van der Waals surface area contributed by atoms with Crippen molar-refractivity contribution in [3.8, 4) is 0 Å². The van der Waals surface area contributed by atoms with Gasteiger partial charge in [0.05, 0.1) is 32.8 Å². The highest BCUT2D eigenvalue weighted by atomic mass is 16.6. The summed E-state index contributed by atoms with van der Waals surface area (Å²) in [6.07, 6.45) is 1.46. The molecule has 24 heavy (non-hydrogen) atoms. The van der Waals surface area contributed by atoms with E-state index in [0.29, 0.717) is 23.1 Å². The third-order valence-electron chi connectivity index (χ3n) is 6.65. The van der Waals surface area contributed by atoms with Crippen molar-refractivity contribution >= 4 is 22.6 Å². The average molecular weight is 326 g/mol. The lowest BCUT2D eigenvalue weighted by Crippen LogP contribution is -2.49. The van der Waals surface area contributed by atoms with E-state index in [2.05, 4.69) is 11.9 Å². The summed E-state index contributed by atoms with van der Waals surface area (Å²) in [6, 6.07) is 4.44. The van der Waals surface area contributed by atoms with Crippen LogP contribution in [0.3, 0.4) is 0 Å². The highest BCUT2D eigenvalue weighted by molar-refractivity contribution is 5.91. The molecule has 1 amide bonds. The summed E-state index contributed by atoms with van der Waals surface area (Å²) in [5.41, 5.74) is 6.65. The highest BCUT2D eigenvalue weighted by Crippen LogP contribution is 2.69. The lowest BCUT2D eigenvalue weighted by Gasteiger charge is -2.38. The van der Waals surface area contributed by atoms with Crippen LogP contribution in [0.5, 0.6) is 0 Å². The molecule has 1 saturated carbocycles. The zero-order chi connectivity index (χ0) is 17.5. The molecule has 2 aliphatic rings. The second-order valence-electron chi connectivity index (χ2n) is 7.58. The van der Waals surface area contributed by atoms with Gasteiger partial charge in [0.2, 0.25) is 5.91 Å². The minimum Gasteiger partial charge on any atom is -0.369 e. The number of nitro groups is 1. The smallest absolute Gasteiger partial charge is 0.271 e. The van der Waals surface area contributed by atoms with Gasteiger partial charge in [0.15, 0.2) is 0 Å². The molecule has 4 rings (SSSR count). The molecule has 2 unspecified atom stereocenters. The van der Waals surface area contributed by atoms with Crippen molar-refractivity contribution in [2.75, 3.05) is 0 Å². The van der Waals surface area contributed by atoms with Crippen LogP contribution < -0.4 is 5.73 Å². The summed E-state index contributed by atoms with van der Waals surface area (Å²) in [4.78, 5) is 32.4. The van der Waals surface area contributed by atoms with E-state index in [4.69, 9.17) is 10.7 Å². The zero-order valence-electron chi connectivity index (χ0n) is 13.8. The fourth-order valence-electron chi connectivity index (χ4n) is 4.75. The van der Waals surface area contributed by atoms with Gasteiger partial charge in [-0.25, -0.2) is 9.97 Å². The molecule has 1 aromatic heterocycles. The summed E-state index contributed by atoms with van der Waals surface area (Å²) in [7, 11) is 0. The van der Waals surface area contributed by atoms with E-state index >= 15 is 0 Å². The van der Waals surface area contributed by atoms with Gasteiger partial charge in [-0.1, -0.05) is 20.8 Å². The number of nitrogens with zero attached hydrogens (tertiary/aromatic N) is 3. The number of carbonyl (C=O) groups excluding carboxylic acids is 1. The molecule has 2 aliphatic carbocycles. The number of hydrogen-bond donors (Lipinski definition) is 1. The van der Waals surface area contributed by atoms with Gasteiger partial charge in [0.25, 0.3) is 5.69 Å². The minimum atomic E-state index is -0.872. The number of nitrogens with two attached hydrogens (primary N) is 1. The first kappa shape index (κ1) is 15.0. The van der Waals surface area contributed by atoms with Crippen molar-refractivity contribution in [1.29, 1.82) is 0 Å². The topological polar surface area (TPSA) is 112 Å². The first-order chi connectivity index (χ1) is 11.1. The predicted octanol–water partition coefficient (Wildman–Crippen LogP) is 2.35. The molecular formula is C17H18N4O3. The maximum atomic E-state index is 12.5. The Balaban J connectivity index is 2.08. The fraction of sp³-hybridized carbons (Fsp3) is 0.471. The molecule has 0 spiro atoms. The second kappa shape index (κ2) is 4.09. The van der Waals surface area contributed by atoms with Crippen LogP contribution in [0.4, 0.5) is 5.69 Å². The highest BCUT2D eigenvalue weighted by Gasteiger charge is 2.72. The van der Waals surface area contributed by atoms with Crippen LogP contribution in [0, 0.1) is 15.5 Å². The van der Waals surface area contributed by atoms with E-state index in [1.807, 2.05) is 13.8 Å². The Morgan fingerprint density at radius 1 is 1.17 bits per heavy atom. The van der Waals surface area contributed by atoms with Crippen molar-refractivity contribution in [3.63, 3.8) is 0 Å². The standard InChI is InChI=1S/C17H18N4O3/c1-15(2)16(3)6-7-17(15,14(18)22)13-12(16)19-10-5-4-9(21(23)24)8-11(10)20-13/h4-5,8H,6-7H2,1-3H3,(H2,18,22). The monoisotopic (exact) mass is 326 g/mol. The van der Waals surface area contributed by atoms with Crippen LogP contribution in [-0.2, 0) is 15.6 Å². The Labute approximate surface area is 138 Å². The van der Waals surface area contributed by atoms with Crippen molar-refractivity contribution in [3.05, 3.63) is 39.7 Å². The summed E-state index contributed by atoms with van der Waals surface area (Å²) in [5.74, 6) is -0.394. The molecule has 2 N–H and O–H groups in total. The van der Waals surface area contributed by atoms with Gasteiger partial charge in [-0.2, -0.15) is 0 Å². The normalized spacial score (nSPS) is 29.6. The van der Waals surface area contributed by atoms with Gasteiger partial charge >= 0.3 is 0 Å². The number of fused-ring (bicyclic) bond motifs is 6. The van der Waals surface area contributed by atoms with E-state index in [1.165, 1.54) is 12.1 Å². The van der Waals surface area contributed by atoms with Gasteiger partial charge < -0.3 is 5.73 Å². The maximum absolute atomic E-state index is 12.5. The number of amides is 1. The van der Waals surface area contributed by atoms with Gasteiger partial charge in [-0.15, -0.1) is 0 Å². The Hall–Kier alpha value is -2.57. The number of nitro benzene ring substituents is 1. The third-order valence-corrected chi connectivity index (χ3v) is 6.65. The average Bonchev–Trinajstić information content (AvgIpc) is 2.81. The summed E-state index contributed by atoms with van der Waals surface area (Å²) < 4.78 is 0. The first-order valence-corrected chi connectivity index (χ1v) is 7.92. The van der Waals surface area contributed by atoms with Crippen LogP contribution in [0.25, 0.3) is 11.0 Å². The number of hydrogen-bond acceptors (Lipinski definition) is 5. The molecule has 124 valence electrons. The van der Waals surface area contributed by atoms with Crippen molar-refractivity contribution in [2.24, 2.45) is 11.1 Å². The molecule has 2 atom stereocenters. The van der Waals surface area contributed by atoms with Crippen molar-refractivity contribution in [2.45, 2.75) is 44.4 Å². The fourth-order valence-corrected chi connectivity index (χ4v) is 4.75. The summed E-state index contributed by atoms with van der Waals surface area (Å²) in [5, 5.41) is 11.0. The van der Waals surface area contributed by atoms with Crippen molar-refractivity contribution in [1.82, 2.24) is 9.97 Å². The van der Waals surface area contributed by atoms with Gasteiger partial charge in [0, 0.05) is 17.5 Å². The molecule has 0 saturated heterocycles. The number of aromatic nitrogens is 2. The van der Waals surface area contributed by atoms with Crippen LogP contribution in [0.1, 0.15) is 45.0 Å². The molecule has 0 aliphatic heterocycles. The predicted molar refractivity (Wildman–Crippen MR) is 87.4 cm³/mol. The van der Waals surface area contributed by atoms with E-state index in [0.717, 1.165) is 12.1 Å². The lowest BCUT2D eigenvalue weighted by atomic mass is 9.63. The molecule has 2 bridgehead atoms. The van der Waals surface area contributed by atoms with Gasteiger partial charge in [-0.3, -0.25) is 14.9 Å². The molecule has 7 nitrogen and oxygen atoms in total. The number of carbonyl (C=O) groups is 1. The zero-order valence-corrected chi connectivity index (χ0v) is 13.8. The third kappa shape index (κ3) is 1.37. The number of non-ortho nitro benzene ring substituents is 1. The molecule has 1 fully saturated rings. The summed E-state index contributed by atoms with van der Waals surface area (Å²) in [6.45, 7) is 6.19. The lowest BCUT2D eigenvalue weighted by molar-refractivity contribution is -0.384. The van der Waals surface area contributed by atoms with E-state index < -0.39 is 21.7 Å².